The van der Waals surface area contributed by atoms with Crippen LogP contribution in [0.15, 0.2) is 34.7 Å². The average molecular weight is 302 g/mol. The smallest absolute Gasteiger partial charge is 0.243 e. The second-order valence-corrected chi connectivity index (χ2v) is 5.84. The van der Waals surface area contributed by atoms with Crippen LogP contribution in [0.25, 0.3) is 11.0 Å². The molecule has 0 fully saturated rings. The zero-order valence-electron chi connectivity index (χ0n) is 13.3. The summed E-state index contributed by atoms with van der Waals surface area (Å²) in [5.41, 5.74) is 0.792. The average Bonchev–Trinajstić information content (AvgIpc) is 2.88. The molecule has 0 aliphatic heterocycles. The SMILES string of the molecule is CC(=O)N[C@H](C(=O)N[C@H](C)c1cc2ccccc2o1)C(C)C. The van der Waals surface area contributed by atoms with Crippen molar-refractivity contribution in [2.45, 2.75) is 39.8 Å². The van der Waals surface area contributed by atoms with Crippen LogP contribution in [0.1, 0.15) is 39.5 Å². The van der Waals surface area contributed by atoms with Gasteiger partial charge in [0.15, 0.2) is 0 Å². The molecule has 0 bridgehead atoms. The van der Waals surface area contributed by atoms with Gasteiger partial charge in [0.1, 0.15) is 17.4 Å². The van der Waals surface area contributed by atoms with E-state index in [0.29, 0.717) is 5.76 Å². The number of rotatable bonds is 5. The lowest BCUT2D eigenvalue weighted by molar-refractivity contribution is -0.129. The first kappa shape index (κ1) is 16.1. The van der Waals surface area contributed by atoms with Crippen LogP contribution >= 0.6 is 0 Å². The Morgan fingerprint density at radius 3 is 2.36 bits per heavy atom. The topological polar surface area (TPSA) is 71.3 Å². The Morgan fingerprint density at radius 1 is 1.09 bits per heavy atom. The number of furan rings is 1. The number of carbonyl (C=O) groups excluding carboxylic acids is 2. The van der Waals surface area contributed by atoms with Gasteiger partial charge in [-0.15, -0.1) is 0 Å². The second kappa shape index (κ2) is 6.64. The van der Waals surface area contributed by atoms with Gasteiger partial charge in [0.05, 0.1) is 6.04 Å². The third kappa shape index (κ3) is 3.67. The van der Waals surface area contributed by atoms with Gasteiger partial charge >= 0.3 is 0 Å². The van der Waals surface area contributed by atoms with Crippen LogP contribution in [0, 0.1) is 5.92 Å². The Bertz CT molecular complexity index is 642. The molecular weight excluding hydrogens is 280 g/mol. The zero-order valence-corrected chi connectivity index (χ0v) is 13.3. The van der Waals surface area contributed by atoms with Gasteiger partial charge < -0.3 is 15.1 Å². The van der Waals surface area contributed by atoms with Crippen LogP contribution in [-0.4, -0.2) is 17.9 Å². The molecule has 2 N–H and O–H groups in total. The third-order valence-electron chi connectivity index (χ3n) is 3.54. The zero-order chi connectivity index (χ0) is 16.3. The van der Waals surface area contributed by atoms with Crippen molar-refractivity contribution in [2.75, 3.05) is 0 Å². The van der Waals surface area contributed by atoms with E-state index < -0.39 is 6.04 Å². The predicted octanol–water partition coefficient (Wildman–Crippen LogP) is 2.77. The molecule has 2 aromatic rings. The molecule has 0 unspecified atom stereocenters. The van der Waals surface area contributed by atoms with E-state index >= 15 is 0 Å². The summed E-state index contributed by atoms with van der Waals surface area (Å²) in [5.74, 6) is 0.273. The number of amides is 2. The summed E-state index contributed by atoms with van der Waals surface area (Å²) in [7, 11) is 0. The summed E-state index contributed by atoms with van der Waals surface area (Å²) in [6.07, 6.45) is 0. The monoisotopic (exact) mass is 302 g/mol. The Balaban J connectivity index is 2.10. The first-order valence-corrected chi connectivity index (χ1v) is 7.44. The lowest BCUT2D eigenvalue weighted by atomic mass is 10.0. The molecule has 0 aliphatic carbocycles. The summed E-state index contributed by atoms with van der Waals surface area (Å²) in [6.45, 7) is 7.06. The number of para-hydroxylation sites is 1. The number of benzene rings is 1. The van der Waals surface area contributed by atoms with Crippen LogP contribution < -0.4 is 10.6 Å². The fourth-order valence-corrected chi connectivity index (χ4v) is 2.34. The number of fused-ring (bicyclic) bond motifs is 1. The Hall–Kier alpha value is -2.30. The minimum absolute atomic E-state index is 0.00627. The van der Waals surface area contributed by atoms with E-state index in [1.807, 2.05) is 51.1 Å². The molecule has 0 saturated carbocycles. The molecule has 118 valence electrons. The number of nitrogens with one attached hydrogen (secondary N) is 2. The highest BCUT2D eigenvalue weighted by molar-refractivity contribution is 5.87. The summed E-state index contributed by atoms with van der Waals surface area (Å²) in [5, 5.41) is 6.58. The fourth-order valence-electron chi connectivity index (χ4n) is 2.34. The minimum Gasteiger partial charge on any atom is -0.459 e. The van der Waals surface area contributed by atoms with Gasteiger partial charge in [-0.3, -0.25) is 9.59 Å². The maximum absolute atomic E-state index is 12.4. The van der Waals surface area contributed by atoms with Crippen LogP contribution in [0.3, 0.4) is 0 Å². The molecule has 5 heteroatoms. The number of hydrogen-bond acceptors (Lipinski definition) is 3. The minimum atomic E-state index is -0.552. The van der Waals surface area contributed by atoms with Gasteiger partial charge in [-0.25, -0.2) is 0 Å². The lowest BCUT2D eigenvalue weighted by Crippen LogP contribution is -2.49. The van der Waals surface area contributed by atoms with Gasteiger partial charge in [0.25, 0.3) is 0 Å². The van der Waals surface area contributed by atoms with E-state index in [2.05, 4.69) is 10.6 Å². The number of carbonyl (C=O) groups is 2. The first-order chi connectivity index (χ1) is 10.4. The molecule has 0 radical (unpaired) electrons. The van der Waals surface area contributed by atoms with Crippen LogP contribution in [0.4, 0.5) is 0 Å². The van der Waals surface area contributed by atoms with Crippen molar-refractivity contribution in [1.82, 2.24) is 10.6 Å². The molecule has 1 aromatic heterocycles. The second-order valence-electron chi connectivity index (χ2n) is 5.84. The fraction of sp³-hybridized carbons (Fsp3) is 0.412. The van der Waals surface area contributed by atoms with Crippen LogP contribution in [-0.2, 0) is 9.59 Å². The van der Waals surface area contributed by atoms with Crippen LogP contribution in [0.2, 0.25) is 0 Å². The molecule has 0 spiro atoms. The van der Waals surface area contributed by atoms with Crippen molar-refractivity contribution in [3.05, 3.63) is 36.1 Å². The highest BCUT2D eigenvalue weighted by atomic mass is 16.3. The Kier molecular flexibility index (Phi) is 4.85. The van der Waals surface area contributed by atoms with E-state index in [1.54, 1.807) is 0 Å². The Labute approximate surface area is 130 Å². The highest BCUT2D eigenvalue weighted by Gasteiger charge is 2.25. The van der Waals surface area contributed by atoms with Crippen molar-refractivity contribution in [3.63, 3.8) is 0 Å². The van der Waals surface area contributed by atoms with Crippen molar-refractivity contribution in [3.8, 4) is 0 Å². The standard InChI is InChI=1S/C17H22N2O3/c1-10(2)16(19-12(4)20)17(21)18-11(3)15-9-13-7-5-6-8-14(13)22-15/h5-11,16H,1-4H3,(H,18,21)(H,19,20)/t11-,16+/m1/s1. The van der Waals surface area contributed by atoms with Crippen molar-refractivity contribution in [2.24, 2.45) is 5.92 Å². The maximum Gasteiger partial charge on any atom is 0.243 e. The molecule has 1 heterocycles. The summed E-state index contributed by atoms with van der Waals surface area (Å²) in [4.78, 5) is 23.6. The maximum atomic E-state index is 12.4. The molecule has 0 aliphatic rings. The lowest BCUT2D eigenvalue weighted by Gasteiger charge is -2.22. The molecule has 0 saturated heterocycles. The van der Waals surface area contributed by atoms with Crippen molar-refractivity contribution in [1.29, 1.82) is 0 Å². The molecule has 22 heavy (non-hydrogen) atoms. The molecule has 2 rings (SSSR count). The van der Waals surface area contributed by atoms with E-state index in [4.69, 9.17) is 4.42 Å². The van der Waals surface area contributed by atoms with Gasteiger partial charge in [-0.05, 0) is 25.0 Å². The normalized spacial score (nSPS) is 13.9. The summed E-state index contributed by atoms with van der Waals surface area (Å²) >= 11 is 0. The Morgan fingerprint density at radius 2 is 1.77 bits per heavy atom. The molecule has 5 nitrogen and oxygen atoms in total. The van der Waals surface area contributed by atoms with E-state index in [0.717, 1.165) is 11.0 Å². The van der Waals surface area contributed by atoms with Gasteiger partial charge in [-0.1, -0.05) is 32.0 Å². The van der Waals surface area contributed by atoms with Crippen LogP contribution in [0.5, 0.6) is 0 Å². The van der Waals surface area contributed by atoms with Gasteiger partial charge in [-0.2, -0.15) is 0 Å². The van der Waals surface area contributed by atoms with Gasteiger partial charge in [0, 0.05) is 12.3 Å². The largest absolute Gasteiger partial charge is 0.459 e. The predicted molar refractivity (Wildman–Crippen MR) is 85.2 cm³/mol. The molecule has 2 atom stereocenters. The molecule has 1 aromatic carbocycles. The molecule has 2 amide bonds. The van der Waals surface area contributed by atoms with E-state index in [-0.39, 0.29) is 23.8 Å². The van der Waals surface area contributed by atoms with E-state index in [9.17, 15) is 9.59 Å². The van der Waals surface area contributed by atoms with Gasteiger partial charge in [0.2, 0.25) is 11.8 Å². The third-order valence-corrected chi connectivity index (χ3v) is 3.54. The quantitative estimate of drug-likeness (QED) is 0.892. The van der Waals surface area contributed by atoms with E-state index in [1.165, 1.54) is 6.92 Å². The molecular formula is C17H22N2O3. The van der Waals surface area contributed by atoms with Crippen molar-refractivity contribution >= 4 is 22.8 Å². The highest BCUT2D eigenvalue weighted by Crippen LogP contribution is 2.23. The summed E-state index contributed by atoms with van der Waals surface area (Å²) < 4.78 is 5.75. The summed E-state index contributed by atoms with van der Waals surface area (Å²) in [6, 6.07) is 8.80. The van der Waals surface area contributed by atoms with Crippen molar-refractivity contribution < 1.29 is 14.0 Å². The first-order valence-electron chi connectivity index (χ1n) is 7.44. The number of hydrogen-bond donors (Lipinski definition) is 2.